The molecule has 0 unspecified atom stereocenters. The Hall–Kier alpha value is -1.06. The number of alkyl halides is 1. The predicted octanol–water partition coefficient (Wildman–Crippen LogP) is 3.93. The second-order valence-corrected chi connectivity index (χ2v) is 4.34. The molecule has 15 heavy (non-hydrogen) atoms. The first-order valence-electron chi connectivity index (χ1n) is 4.62. The zero-order valence-corrected chi connectivity index (χ0v) is 9.90. The summed E-state index contributed by atoms with van der Waals surface area (Å²) in [4.78, 5) is 4.34. The SMILES string of the molecule is Cc1ccccc1Nc1nc(CCl)cs1. The van der Waals surface area contributed by atoms with Crippen molar-refractivity contribution in [3.8, 4) is 0 Å². The highest BCUT2D eigenvalue weighted by Gasteiger charge is 2.02. The molecule has 0 spiro atoms. The number of anilines is 2. The van der Waals surface area contributed by atoms with Crippen molar-refractivity contribution in [2.75, 3.05) is 5.32 Å². The summed E-state index contributed by atoms with van der Waals surface area (Å²) in [6, 6.07) is 8.13. The molecule has 0 fully saturated rings. The molecule has 1 N–H and O–H groups in total. The number of nitrogens with one attached hydrogen (secondary N) is 1. The van der Waals surface area contributed by atoms with Gasteiger partial charge in [-0.1, -0.05) is 18.2 Å². The van der Waals surface area contributed by atoms with Crippen LogP contribution in [0.4, 0.5) is 10.8 Å². The zero-order valence-electron chi connectivity index (χ0n) is 8.33. The number of rotatable bonds is 3. The van der Waals surface area contributed by atoms with Crippen LogP contribution in [0.1, 0.15) is 11.3 Å². The Kier molecular flexibility index (Phi) is 3.23. The molecule has 0 amide bonds. The number of halogens is 1. The average Bonchev–Trinajstić information content (AvgIpc) is 2.69. The van der Waals surface area contributed by atoms with Crippen LogP contribution in [0.25, 0.3) is 0 Å². The Balaban J connectivity index is 2.18. The summed E-state index contributed by atoms with van der Waals surface area (Å²) in [5, 5.41) is 6.13. The van der Waals surface area contributed by atoms with E-state index < -0.39 is 0 Å². The molecule has 2 nitrogen and oxygen atoms in total. The van der Waals surface area contributed by atoms with Crippen molar-refractivity contribution < 1.29 is 0 Å². The van der Waals surface area contributed by atoms with Gasteiger partial charge in [-0.15, -0.1) is 22.9 Å². The van der Waals surface area contributed by atoms with Gasteiger partial charge in [0, 0.05) is 11.1 Å². The molecule has 0 saturated carbocycles. The maximum atomic E-state index is 5.69. The molecule has 0 bridgehead atoms. The molecule has 0 aliphatic heterocycles. The second kappa shape index (κ2) is 4.64. The largest absolute Gasteiger partial charge is 0.331 e. The van der Waals surface area contributed by atoms with Gasteiger partial charge in [-0.05, 0) is 18.6 Å². The monoisotopic (exact) mass is 238 g/mol. The van der Waals surface area contributed by atoms with Gasteiger partial charge in [0.1, 0.15) is 0 Å². The first-order valence-corrected chi connectivity index (χ1v) is 6.04. The lowest BCUT2D eigenvalue weighted by molar-refractivity contribution is 1.22. The number of thiazole rings is 1. The molecule has 0 atom stereocenters. The Morgan fingerprint density at radius 1 is 1.40 bits per heavy atom. The summed E-state index contributed by atoms with van der Waals surface area (Å²) in [6.45, 7) is 2.07. The van der Waals surface area contributed by atoms with Gasteiger partial charge in [0.05, 0.1) is 11.6 Å². The summed E-state index contributed by atoms with van der Waals surface area (Å²) >= 11 is 7.26. The van der Waals surface area contributed by atoms with Crippen molar-refractivity contribution in [3.05, 3.63) is 40.9 Å². The highest BCUT2D eigenvalue weighted by Crippen LogP contribution is 2.23. The van der Waals surface area contributed by atoms with Gasteiger partial charge in [-0.3, -0.25) is 0 Å². The number of para-hydroxylation sites is 1. The summed E-state index contributed by atoms with van der Waals surface area (Å²) in [7, 11) is 0. The lowest BCUT2D eigenvalue weighted by Gasteiger charge is -2.05. The third kappa shape index (κ3) is 2.49. The van der Waals surface area contributed by atoms with Crippen LogP contribution in [0.15, 0.2) is 29.6 Å². The predicted molar refractivity (Wildman–Crippen MR) is 66.1 cm³/mol. The smallest absolute Gasteiger partial charge is 0.187 e. The Morgan fingerprint density at radius 3 is 2.87 bits per heavy atom. The highest BCUT2D eigenvalue weighted by atomic mass is 35.5. The summed E-state index contributed by atoms with van der Waals surface area (Å²) in [6.07, 6.45) is 0. The van der Waals surface area contributed by atoms with Gasteiger partial charge in [-0.2, -0.15) is 0 Å². The van der Waals surface area contributed by atoms with Crippen LogP contribution in [0.3, 0.4) is 0 Å². The molecule has 0 saturated heterocycles. The van der Waals surface area contributed by atoms with E-state index in [0.29, 0.717) is 5.88 Å². The minimum Gasteiger partial charge on any atom is -0.331 e. The van der Waals surface area contributed by atoms with E-state index in [-0.39, 0.29) is 0 Å². The van der Waals surface area contributed by atoms with Gasteiger partial charge in [0.2, 0.25) is 0 Å². The van der Waals surface area contributed by atoms with Gasteiger partial charge in [0.25, 0.3) is 0 Å². The topological polar surface area (TPSA) is 24.9 Å². The van der Waals surface area contributed by atoms with E-state index in [1.54, 1.807) is 11.3 Å². The number of benzene rings is 1. The number of aryl methyl sites for hydroxylation is 1. The number of hydrogen-bond acceptors (Lipinski definition) is 3. The molecule has 1 aromatic carbocycles. The van der Waals surface area contributed by atoms with Crippen LogP contribution in [0, 0.1) is 6.92 Å². The molecule has 1 heterocycles. The van der Waals surface area contributed by atoms with Gasteiger partial charge in [-0.25, -0.2) is 4.98 Å². The van der Waals surface area contributed by atoms with E-state index in [0.717, 1.165) is 16.5 Å². The normalized spacial score (nSPS) is 10.3. The van der Waals surface area contributed by atoms with E-state index in [9.17, 15) is 0 Å². The fourth-order valence-corrected chi connectivity index (χ4v) is 2.21. The Labute approximate surface area is 97.9 Å². The van der Waals surface area contributed by atoms with Crippen molar-refractivity contribution in [3.63, 3.8) is 0 Å². The van der Waals surface area contributed by atoms with Crippen molar-refractivity contribution in [2.24, 2.45) is 0 Å². The standard InChI is InChI=1S/C11H11ClN2S/c1-8-4-2-3-5-10(8)14-11-13-9(6-12)7-15-11/h2-5,7H,6H2,1H3,(H,13,14). The third-order valence-corrected chi connectivity index (χ3v) is 3.16. The van der Waals surface area contributed by atoms with Crippen molar-refractivity contribution in [1.82, 2.24) is 4.98 Å². The fourth-order valence-electron chi connectivity index (χ4n) is 1.25. The Morgan fingerprint density at radius 2 is 2.20 bits per heavy atom. The first-order chi connectivity index (χ1) is 7.29. The summed E-state index contributed by atoms with van der Waals surface area (Å²) in [5.41, 5.74) is 3.21. The van der Waals surface area contributed by atoms with Crippen molar-refractivity contribution in [2.45, 2.75) is 12.8 Å². The highest BCUT2D eigenvalue weighted by molar-refractivity contribution is 7.13. The van der Waals surface area contributed by atoms with Crippen molar-refractivity contribution in [1.29, 1.82) is 0 Å². The van der Waals surface area contributed by atoms with E-state index in [4.69, 9.17) is 11.6 Å². The molecule has 2 rings (SSSR count). The van der Waals surface area contributed by atoms with Crippen LogP contribution >= 0.6 is 22.9 Å². The number of nitrogens with zero attached hydrogens (tertiary/aromatic N) is 1. The maximum Gasteiger partial charge on any atom is 0.187 e. The van der Waals surface area contributed by atoms with Crippen LogP contribution in [-0.2, 0) is 5.88 Å². The van der Waals surface area contributed by atoms with Crippen molar-refractivity contribution >= 4 is 33.8 Å². The van der Waals surface area contributed by atoms with E-state index in [2.05, 4.69) is 23.3 Å². The van der Waals surface area contributed by atoms with Crippen LogP contribution < -0.4 is 5.32 Å². The zero-order chi connectivity index (χ0) is 10.7. The van der Waals surface area contributed by atoms with Crippen LogP contribution in [0.2, 0.25) is 0 Å². The van der Waals surface area contributed by atoms with Gasteiger partial charge in [0.15, 0.2) is 5.13 Å². The molecular formula is C11H11ClN2S. The molecule has 2 aromatic rings. The quantitative estimate of drug-likeness (QED) is 0.820. The summed E-state index contributed by atoms with van der Waals surface area (Å²) < 4.78 is 0. The Bertz CT molecular complexity index is 453. The van der Waals surface area contributed by atoms with E-state index in [1.165, 1.54) is 5.56 Å². The molecule has 1 aromatic heterocycles. The average molecular weight is 239 g/mol. The van der Waals surface area contributed by atoms with Crippen LogP contribution in [0.5, 0.6) is 0 Å². The lowest BCUT2D eigenvalue weighted by Crippen LogP contribution is -1.92. The van der Waals surface area contributed by atoms with E-state index >= 15 is 0 Å². The maximum absolute atomic E-state index is 5.69. The minimum absolute atomic E-state index is 0.464. The number of aromatic nitrogens is 1. The molecule has 4 heteroatoms. The molecule has 0 radical (unpaired) electrons. The second-order valence-electron chi connectivity index (χ2n) is 3.22. The van der Waals surface area contributed by atoms with Gasteiger partial charge >= 0.3 is 0 Å². The molecular weight excluding hydrogens is 228 g/mol. The first kappa shape index (κ1) is 10.5. The third-order valence-electron chi connectivity index (χ3n) is 2.08. The van der Waals surface area contributed by atoms with Gasteiger partial charge < -0.3 is 5.32 Å². The minimum atomic E-state index is 0.464. The summed E-state index contributed by atoms with van der Waals surface area (Å²) in [5.74, 6) is 0.464. The van der Waals surface area contributed by atoms with Crippen LogP contribution in [-0.4, -0.2) is 4.98 Å². The molecule has 0 aliphatic rings. The fraction of sp³-hybridized carbons (Fsp3) is 0.182. The number of hydrogen-bond donors (Lipinski definition) is 1. The molecule has 0 aliphatic carbocycles. The lowest BCUT2D eigenvalue weighted by atomic mass is 10.2. The van der Waals surface area contributed by atoms with E-state index in [1.807, 2.05) is 23.6 Å². The molecule has 78 valence electrons.